The van der Waals surface area contributed by atoms with Crippen molar-refractivity contribution in [1.29, 1.82) is 0 Å². The third-order valence-electron chi connectivity index (χ3n) is 4.02. The Kier molecular flexibility index (Phi) is 5.10. The number of amidine groups is 1. The van der Waals surface area contributed by atoms with Gasteiger partial charge in [-0.05, 0) is 66.4 Å². The zero-order valence-corrected chi connectivity index (χ0v) is 16.5. The highest BCUT2D eigenvalue weighted by Crippen LogP contribution is 2.30. The largest absolute Gasteiger partial charge is 0.457 e. The van der Waals surface area contributed by atoms with E-state index >= 15 is 0 Å². The molecule has 1 aromatic heterocycles. The van der Waals surface area contributed by atoms with Crippen LogP contribution in [0.15, 0.2) is 85.9 Å². The maximum Gasteiger partial charge on any atom is 0.289 e. The highest BCUT2D eigenvalue weighted by molar-refractivity contribution is 8.18. The Bertz CT molecular complexity index is 1230. The molecule has 1 aliphatic rings. The van der Waals surface area contributed by atoms with Gasteiger partial charge in [0.05, 0.1) is 15.5 Å². The van der Waals surface area contributed by atoms with E-state index in [0.29, 0.717) is 27.8 Å². The molecular formula is C20H15N3O4S2. The molecule has 0 atom stereocenters. The van der Waals surface area contributed by atoms with Crippen molar-refractivity contribution in [3.63, 3.8) is 0 Å². The van der Waals surface area contributed by atoms with Gasteiger partial charge in [-0.2, -0.15) is 0 Å². The Hall–Kier alpha value is -3.14. The Morgan fingerprint density at radius 1 is 1.00 bits per heavy atom. The van der Waals surface area contributed by atoms with Gasteiger partial charge in [-0.1, -0.05) is 18.2 Å². The molecule has 146 valence electrons. The van der Waals surface area contributed by atoms with Crippen LogP contribution in [0.4, 0.5) is 10.5 Å². The molecule has 0 saturated carbocycles. The van der Waals surface area contributed by atoms with Crippen LogP contribution >= 0.6 is 11.8 Å². The van der Waals surface area contributed by atoms with Crippen LogP contribution in [-0.2, 0) is 10.0 Å². The molecule has 1 fully saturated rings. The van der Waals surface area contributed by atoms with Gasteiger partial charge in [0.1, 0.15) is 17.4 Å². The molecule has 2 heterocycles. The fourth-order valence-electron chi connectivity index (χ4n) is 2.67. The SMILES string of the molecule is NS(=O)(=O)c1ccc(-c2ccc(/C=C3\SC(=O)NC3=Nc3ccccc3)o2)cc1. The monoisotopic (exact) mass is 425 g/mol. The highest BCUT2D eigenvalue weighted by atomic mass is 32.2. The Morgan fingerprint density at radius 3 is 2.41 bits per heavy atom. The first-order chi connectivity index (χ1) is 13.9. The second-order valence-electron chi connectivity index (χ2n) is 6.09. The van der Waals surface area contributed by atoms with Crippen LogP contribution in [0, 0.1) is 0 Å². The number of carbonyl (C=O) groups is 1. The molecule has 1 saturated heterocycles. The quantitative estimate of drug-likeness (QED) is 0.652. The highest BCUT2D eigenvalue weighted by Gasteiger charge is 2.24. The minimum Gasteiger partial charge on any atom is -0.457 e. The lowest BCUT2D eigenvalue weighted by molar-refractivity contribution is 0.265. The molecule has 3 aromatic rings. The van der Waals surface area contributed by atoms with Crippen molar-refractivity contribution in [2.45, 2.75) is 4.90 Å². The van der Waals surface area contributed by atoms with E-state index in [2.05, 4.69) is 10.3 Å². The molecular weight excluding hydrogens is 410 g/mol. The number of furan rings is 1. The maximum absolute atomic E-state index is 11.8. The van der Waals surface area contributed by atoms with E-state index in [1.807, 2.05) is 30.3 Å². The van der Waals surface area contributed by atoms with Crippen molar-refractivity contribution in [2.24, 2.45) is 10.1 Å². The lowest BCUT2D eigenvalue weighted by Gasteiger charge is -2.00. The second-order valence-corrected chi connectivity index (χ2v) is 8.67. The molecule has 3 N–H and O–H groups in total. The van der Waals surface area contributed by atoms with Gasteiger partial charge in [0.25, 0.3) is 5.24 Å². The normalized spacial score (nSPS) is 17.1. The molecule has 2 aromatic carbocycles. The number of para-hydroxylation sites is 1. The van der Waals surface area contributed by atoms with E-state index in [-0.39, 0.29) is 10.1 Å². The van der Waals surface area contributed by atoms with Crippen molar-refractivity contribution >= 4 is 44.6 Å². The molecule has 0 radical (unpaired) electrons. The summed E-state index contributed by atoms with van der Waals surface area (Å²) in [6.45, 7) is 0. The van der Waals surface area contributed by atoms with Gasteiger partial charge < -0.3 is 9.73 Å². The summed E-state index contributed by atoms with van der Waals surface area (Å²) < 4.78 is 28.6. The molecule has 7 nitrogen and oxygen atoms in total. The van der Waals surface area contributed by atoms with Crippen LogP contribution < -0.4 is 10.5 Å². The number of thioether (sulfide) groups is 1. The van der Waals surface area contributed by atoms with E-state index in [9.17, 15) is 13.2 Å². The predicted molar refractivity (Wildman–Crippen MR) is 113 cm³/mol. The van der Waals surface area contributed by atoms with Crippen molar-refractivity contribution in [3.05, 3.63) is 77.4 Å². The van der Waals surface area contributed by atoms with Crippen LogP contribution in [0.2, 0.25) is 0 Å². The standard InChI is InChI=1S/C20H15N3O4S2/c21-29(25,26)16-9-6-13(7-10-16)17-11-8-15(27-17)12-18-19(23-20(24)28-18)22-14-4-2-1-3-5-14/h1-12H,(H2,21,25,26)(H,22,23,24)/b18-12-. The third kappa shape index (κ3) is 4.48. The Balaban J connectivity index is 1.61. The lowest BCUT2D eigenvalue weighted by Crippen LogP contribution is -2.18. The molecule has 1 amide bonds. The zero-order chi connectivity index (χ0) is 20.4. The number of sulfonamides is 1. The zero-order valence-electron chi connectivity index (χ0n) is 14.9. The molecule has 0 bridgehead atoms. The van der Waals surface area contributed by atoms with E-state index < -0.39 is 10.0 Å². The number of benzene rings is 2. The Morgan fingerprint density at radius 2 is 1.72 bits per heavy atom. The lowest BCUT2D eigenvalue weighted by atomic mass is 10.2. The van der Waals surface area contributed by atoms with Crippen molar-refractivity contribution in [1.82, 2.24) is 5.32 Å². The van der Waals surface area contributed by atoms with Crippen molar-refractivity contribution < 1.29 is 17.6 Å². The number of nitrogens with zero attached hydrogens (tertiary/aromatic N) is 1. The Labute approximate surface area is 171 Å². The van der Waals surface area contributed by atoms with E-state index in [4.69, 9.17) is 9.56 Å². The summed E-state index contributed by atoms with van der Waals surface area (Å²) >= 11 is 1.04. The molecule has 0 aliphatic carbocycles. The van der Waals surface area contributed by atoms with Gasteiger partial charge >= 0.3 is 0 Å². The van der Waals surface area contributed by atoms with Gasteiger partial charge in [0.2, 0.25) is 10.0 Å². The first-order valence-corrected chi connectivity index (χ1v) is 10.8. The number of primary sulfonamides is 1. The summed E-state index contributed by atoms with van der Waals surface area (Å²) in [5.74, 6) is 1.55. The average molecular weight is 425 g/mol. The summed E-state index contributed by atoms with van der Waals surface area (Å²) in [5.41, 5.74) is 1.43. The minimum absolute atomic E-state index is 0.0313. The number of amides is 1. The fraction of sp³-hybridized carbons (Fsp3) is 0. The maximum atomic E-state index is 11.8. The predicted octanol–water partition coefficient (Wildman–Crippen LogP) is 4.12. The number of carbonyl (C=O) groups excluding carboxylic acids is 1. The second kappa shape index (κ2) is 7.70. The molecule has 0 spiro atoms. The summed E-state index contributed by atoms with van der Waals surface area (Å²) in [6.07, 6.45) is 1.73. The van der Waals surface area contributed by atoms with Gasteiger partial charge in [-0.15, -0.1) is 0 Å². The van der Waals surface area contributed by atoms with Gasteiger partial charge in [-0.3, -0.25) is 4.79 Å². The van der Waals surface area contributed by atoms with Crippen LogP contribution in [-0.4, -0.2) is 19.5 Å². The van der Waals surface area contributed by atoms with E-state index in [1.165, 1.54) is 12.1 Å². The first-order valence-electron chi connectivity index (χ1n) is 8.46. The van der Waals surface area contributed by atoms with Crippen molar-refractivity contribution in [3.8, 4) is 11.3 Å². The molecule has 9 heteroatoms. The summed E-state index contributed by atoms with van der Waals surface area (Å²) in [7, 11) is -3.74. The number of hydrogen-bond donors (Lipinski definition) is 2. The number of aliphatic imine (C=N–C) groups is 1. The molecule has 0 unspecified atom stereocenters. The topological polar surface area (TPSA) is 115 Å². The summed E-state index contributed by atoms with van der Waals surface area (Å²) in [4.78, 5) is 17.0. The molecule has 1 aliphatic heterocycles. The number of rotatable bonds is 4. The van der Waals surface area contributed by atoms with Gasteiger partial charge in [0.15, 0.2) is 0 Å². The van der Waals surface area contributed by atoms with Crippen LogP contribution in [0.1, 0.15) is 5.76 Å². The number of nitrogens with two attached hydrogens (primary N) is 1. The summed E-state index contributed by atoms with van der Waals surface area (Å²) in [6, 6.07) is 18.9. The number of nitrogens with one attached hydrogen (secondary N) is 1. The van der Waals surface area contributed by atoms with E-state index in [1.54, 1.807) is 30.3 Å². The van der Waals surface area contributed by atoms with Crippen molar-refractivity contribution in [2.75, 3.05) is 0 Å². The minimum atomic E-state index is -3.74. The number of hydrogen-bond acceptors (Lipinski definition) is 6. The van der Waals surface area contributed by atoms with Crippen LogP contribution in [0.5, 0.6) is 0 Å². The fourth-order valence-corrected chi connectivity index (χ4v) is 3.90. The summed E-state index contributed by atoms with van der Waals surface area (Å²) in [5, 5.41) is 7.63. The average Bonchev–Trinajstić information content (AvgIpc) is 3.29. The van der Waals surface area contributed by atoms with Crippen LogP contribution in [0.3, 0.4) is 0 Å². The first kappa shape index (κ1) is 19.2. The smallest absolute Gasteiger partial charge is 0.289 e. The molecule has 29 heavy (non-hydrogen) atoms. The molecule has 4 rings (SSSR count). The van der Waals surface area contributed by atoms with Gasteiger partial charge in [-0.25, -0.2) is 18.5 Å². The van der Waals surface area contributed by atoms with Crippen LogP contribution in [0.25, 0.3) is 17.4 Å². The third-order valence-corrected chi connectivity index (χ3v) is 5.77. The van der Waals surface area contributed by atoms with Gasteiger partial charge in [0, 0.05) is 5.56 Å². The van der Waals surface area contributed by atoms with E-state index in [0.717, 1.165) is 17.4 Å².